The molecule has 17 heavy (non-hydrogen) atoms. The Balaban J connectivity index is 1.97. The molecule has 2 rings (SSSR count). The SMILES string of the molecule is Cc1cc(CNC(=O)c2ncccn2)ccn1. The lowest BCUT2D eigenvalue weighted by Crippen LogP contribution is -2.24. The summed E-state index contributed by atoms with van der Waals surface area (Å²) in [6.07, 6.45) is 4.80. The van der Waals surface area contributed by atoms with E-state index >= 15 is 0 Å². The summed E-state index contributed by atoms with van der Waals surface area (Å²) in [6, 6.07) is 5.45. The minimum Gasteiger partial charge on any atom is -0.345 e. The van der Waals surface area contributed by atoms with Crippen LogP contribution in [0.4, 0.5) is 0 Å². The molecule has 0 saturated heterocycles. The van der Waals surface area contributed by atoms with Gasteiger partial charge in [-0.1, -0.05) is 0 Å². The van der Waals surface area contributed by atoms with Gasteiger partial charge >= 0.3 is 0 Å². The molecule has 0 unspecified atom stereocenters. The van der Waals surface area contributed by atoms with Crippen molar-refractivity contribution in [3.63, 3.8) is 0 Å². The Bertz CT molecular complexity index is 513. The van der Waals surface area contributed by atoms with E-state index in [9.17, 15) is 4.79 Å². The van der Waals surface area contributed by atoms with Crippen molar-refractivity contribution < 1.29 is 4.79 Å². The van der Waals surface area contributed by atoms with Crippen LogP contribution in [-0.4, -0.2) is 20.9 Å². The van der Waals surface area contributed by atoms with Gasteiger partial charge < -0.3 is 5.32 Å². The molecule has 0 aliphatic rings. The molecule has 1 N–H and O–H groups in total. The number of aryl methyl sites for hydroxylation is 1. The smallest absolute Gasteiger partial charge is 0.289 e. The van der Waals surface area contributed by atoms with Crippen LogP contribution in [0.3, 0.4) is 0 Å². The van der Waals surface area contributed by atoms with E-state index in [1.807, 2.05) is 19.1 Å². The number of carbonyl (C=O) groups is 1. The van der Waals surface area contributed by atoms with Crippen molar-refractivity contribution in [2.45, 2.75) is 13.5 Å². The highest BCUT2D eigenvalue weighted by Gasteiger charge is 2.06. The molecule has 5 nitrogen and oxygen atoms in total. The third-order valence-corrected chi connectivity index (χ3v) is 2.18. The summed E-state index contributed by atoms with van der Waals surface area (Å²) in [5.41, 5.74) is 1.93. The van der Waals surface area contributed by atoms with Crippen molar-refractivity contribution in [2.75, 3.05) is 0 Å². The van der Waals surface area contributed by atoms with Gasteiger partial charge in [0.2, 0.25) is 5.82 Å². The van der Waals surface area contributed by atoms with E-state index in [2.05, 4.69) is 20.3 Å². The second-order valence-corrected chi connectivity index (χ2v) is 3.56. The van der Waals surface area contributed by atoms with Crippen molar-refractivity contribution in [3.05, 3.63) is 53.9 Å². The number of carbonyl (C=O) groups excluding carboxylic acids is 1. The van der Waals surface area contributed by atoms with Crippen LogP contribution in [0.1, 0.15) is 21.9 Å². The summed E-state index contributed by atoms with van der Waals surface area (Å²) < 4.78 is 0. The number of amides is 1. The zero-order chi connectivity index (χ0) is 12.1. The van der Waals surface area contributed by atoms with Gasteiger partial charge in [-0.2, -0.15) is 0 Å². The highest BCUT2D eigenvalue weighted by Crippen LogP contribution is 2.00. The quantitative estimate of drug-likeness (QED) is 0.854. The summed E-state index contributed by atoms with van der Waals surface area (Å²) in [4.78, 5) is 23.5. The van der Waals surface area contributed by atoms with Crippen molar-refractivity contribution in [3.8, 4) is 0 Å². The summed E-state index contributed by atoms with van der Waals surface area (Å²) in [7, 11) is 0. The molecule has 0 fully saturated rings. The van der Waals surface area contributed by atoms with Gasteiger partial charge in [-0.25, -0.2) is 9.97 Å². The molecule has 0 radical (unpaired) electrons. The van der Waals surface area contributed by atoms with Gasteiger partial charge in [0.25, 0.3) is 5.91 Å². The molecule has 0 spiro atoms. The lowest BCUT2D eigenvalue weighted by molar-refractivity contribution is 0.0940. The van der Waals surface area contributed by atoms with Crippen molar-refractivity contribution in [2.24, 2.45) is 0 Å². The highest BCUT2D eigenvalue weighted by atomic mass is 16.2. The molecule has 86 valence electrons. The molecule has 2 heterocycles. The van der Waals surface area contributed by atoms with Gasteiger partial charge in [0, 0.05) is 30.8 Å². The first-order chi connectivity index (χ1) is 8.25. The van der Waals surface area contributed by atoms with Crippen LogP contribution in [0.25, 0.3) is 0 Å². The summed E-state index contributed by atoms with van der Waals surface area (Å²) in [6.45, 7) is 2.35. The fourth-order valence-electron chi connectivity index (χ4n) is 1.39. The van der Waals surface area contributed by atoms with Crippen LogP contribution in [0.2, 0.25) is 0 Å². The zero-order valence-electron chi connectivity index (χ0n) is 9.42. The zero-order valence-corrected chi connectivity index (χ0v) is 9.42. The number of hydrogen-bond donors (Lipinski definition) is 1. The maximum absolute atomic E-state index is 11.7. The fraction of sp³-hybridized carbons (Fsp3) is 0.167. The Hall–Kier alpha value is -2.30. The van der Waals surface area contributed by atoms with Crippen molar-refractivity contribution in [1.29, 1.82) is 0 Å². The van der Waals surface area contributed by atoms with Gasteiger partial charge in [0.15, 0.2) is 0 Å². The average molecular weight is 228 g/mol. The molecule has 0 bridgehead atoms. The van der Waals surface area contributed by atoms with Gasteiger partial charge in [-0.05, 0) is 30.7 Å². The van der Waals surface area contributed by atoms with Gasteiger partial charge in [-0.3, -0.25) is 9.78 Å². The van der Waals surface area contributed by atoms with E-state index in [0.717, 1.165) is 11.3 Å². The van der Waals surface area contributed by atoms with Crippen molar-refractivity contribution in [1.82, 2.24) is 20.3 Å². The Morgan fingerprint density at radius 3 is 2.71 bits per heavy atom. The molecule has 2 aromatic rings. The Morgan fingerprint density at radius 1 is 1.24 bits per heavy atom. The molecular formula is C12H12N4O. The minimum absolute atomic E-state index is 0.179. The van der Waals surface area contributed by atoms with Crippen LogP contribution in [0.5, 0.6) is 0 Å². The Kier molecular flexibility index (Phi) is 3.40. The van der Waals surface area contributed by atoms with Crippen LogP contribution in [0.15, 0.2) is 36.8 Å². The number of rotatable bonds is 3. The van der Waals surface area contributed by atoms with Crippen LogP contribution >= 0.6 is 0 Å². The fourth-order valence-corrected chi connectivity index (χ4v) is 1.39. The van der Waals surface area contributed by atoms with Gasteiger partial charge in [0.1, 0.15) is 0 Å². The first-order valence-corrected chi connectivity index (χ1v) is 5.22. The number of pyridine rings is 1. The molecule has 0 aromatic carbocycles. The van der Waals surface area contributed by atoms with E-state index in [-0.39, 0.29) is 11.7 Å². The first kappa shape index (κ1) is 11.2. The topological polar surface area (TPSA) is 67.8 Å². The minimum atomic E-state index is -0.278. The first-order valence-electron chi connectivity index (χ1n) is 5.22. The summed E-state index contributed by atoms with van der Waals surface area (Å²) in [5, 5.41) is 2.75. The Morgan fingerprint density at radius 2 is 2.00 bits per heavy atom. The molecule has 0 atom stereocenters. The largest absolute Gasteiger partial charge is 0.345 e. The van der Waals surface area contributed by atoms with Crippen LogP contribution in [0, 0.1) is 6.92 Å². The van der Waals surface area contributed by atoms with Crippen molar-refractivity contribution >= 4 is 5.91 Å². The number of hydrogen-bond acceptors (Lipinski definition) is 4. The predicted octanol–water partition coefficient (Wildman–Crippen LogP) is 1.11. The predicted molar refractivity (Wildman–Crippen MR) is 62.2 cm³/mol. The normalized spacial score (nSPS) is 9.94. The maximum Gasteiger partial charge on any atom is 0.289 e. The highest BCUT2D eigenvalue weighted by molar-refractivity contribution is 5.90. The van der Waals surface area contributed by atoms with Gasteiger partial charge in [-0.15, -0.1) is 0 Å². The van der Waals surface area contributed by atoms with Gasteiger partial charge in [0.05, 0.1) is 0 Å². The molecule has 5 heteroatoms. The third-order valence-electron chi connectivity index (χ3n) is 2.18. The number of aromatic nitrogens is 3. The average Bonchev–Trinajstić information content (AvgIpc) is 2.37. The molecule has 1 amide bonds. The van der Waals surface area contributed by atoms with E-state index in [0.29, 0.717) is 6.54 Å². The number of nitrogens with one attached hydrogen (secondary N) is 1. The monoisotopic (exact) mass is 228 g/mol. The standard InChI is InChI=1S/C12H12N4O/c1-9-7-10(3-6-13-9)8-16-12(17)11-14-4-2-5-15-11/h2-7H,8H2,1H3,(H,16,17). The Labute approximate surface area is 99.0 Å². The van der Waals surface area contributed by atoms with Crippen LogP contribution < -0.4 is 5.32 Å². The molecule has 0 aliphatic heterocycles. The van der Waals surface area contributed by atoms with E-state index in [1.54, 1.807) is 24.7 Å². The second-order valence-electron chi connectivity index (χ2n) is 3.56. The molecular weight excluding hydrogens is 216 g/mol. The van der Waals surface area contributed by atoms with Crippen LogP contribution in [-0.2, 0) is 6.54 Å². The summed E-state index contributed by atoms with van der Waals surface area (Å²) >= 11 is 0. The molecule has 0 saturated carbocycles. The van der Waals surface area contributed by atoms with E-state index < -0.39 is 0 Å². The second kappa shape index (κ2) is 5.16. The lowest BCUT2D eigenvalue weighted by Gasteiger charge is -2.04. The number of nitrogens with zero attached hydrogens (tertiary/aromatic N) is 3. The lowest BCUT2D eigenvalue weighted by atomic mass is 10.2. The molecule has 0 aliphatic carbocycles. The molecule has 2 aromatic heterocycles. The summed E-state index contributed by atoms with van der Waals surface area (Å²) in [5.74, 6) is -0.0988. The maximum atomic E-state index is 11.7. The van der Waals surface area contributed by atoms with E-state index in [4.69, 9.17) is 0 Å². The van der Waals surface area contributed by atoms with E-state index in [1.165, 1.54) is 0 Å². The third kappa shape index (κ3) is 3.07.